The molecular weight excluding hydrogens is 312 g/mol. The van der Waals surface area contributed by atoms with Gasteiger partial charge in [0.2, 0.25) is 0 Å². The van der Waals surface area contributed by atoms with Crippen molar-refractivity contribution in [3.63, 3.8) is 0 Å². The van der Waals surface area contributed by atoms with Gasteiger partial charge in [-0.15, -0.1) is 0 Å². The molecular formula is C18H26O6. The molecule has 0 aliphatic carbocycles. The molecule has 0 unspecified atom stereocenters. The van der Waals surface area contributed by atoms with Crippen molar-refractivity contribution in [3.8, 4) is 0 Å². The summed E-state index contributed by atoms with van der Waals surface area (Å²) in [7, 11) is 0. The SMILES string of the molecule is CCOCCCOC(=O)c1cccc(C(=O)OCCCOCC)c1. The van der Waals surface area contributed by atoms with Crippen LogP contribution >= 0.6 is 0 Å². The summed E-state index contributed by atoms with van der Waals surface area (Å²) in [5, 5.41) is 0. The van der Waals surface area contributed by atoms with Crippen molar-refractivity contribution < 1.29 is 28.5 Å². The Kier molecular flexibility index (Phi) is 10.5. The maximum Gasteiger partial charge on any atom is 0.338 e. The third-order valence-corrected chi connectivity index (χ3v) is 3.07. The zero-order valence-corrected chi connectivity index (χ0v) is 14.4. The Bertz CT molecular complexity index is 459. The van der Waals surface area contributed by atoms with Gasteiger partial charge in [-0.1, -0.05) is 6.07 Å². The number of carbonyl (C=O) groups excluding carboxylic acids is 2. The molecule has 0 N–H and O–H groups in total. The molecule has 134 valence electrons. The molecule has 1 rings (SSSR count). The van der Waals surface area contributed by atoms with Crippen LogP contribution in [0.15, 0.2) is 24.3 Å². The summed E-state index contributed by atoms with van der Waals surface area (Å²) < 4.78 is 20.6. The lowest BCUT2D eigenvalue weighted by molar-refractivity contribution is 0.0452. The van der Waals surface area contributed by atoms with Gasteiger partial charge in [0.05, 0.1) is 24.3 Å². The lowest BCUT2D eigenvalue weighted by atomic mass is 10.1. The molecule has 0 heterocycles. The van der Waals surface area contributed by atoms with Crippen molar-refractivity contribution in [2.45, 2.75) is 26.7 Å². The lowest BCUT2D eigenvalue weighted by Crippen LogP contribution is -2.11. The number of carbonyl (C=O) groups is 2. The van der Waals surface area contributed by atoms with Crippen LogP contribution in [0.4, 0.5) is 0 Å². The van der Waals surface area contributed by atoms with Crippen LogP contribution < -0.4 is 0 Å². The van der Waals surface area contributed by atoms with Crippen LogP contribution in [0.1, 0.15) is 47.4 Å². The minimum atomic E-state index is -0.461. The van der Waals surface area contributed by atoms with Crippen molar-refractivity contribution in [2.75, 3.05) is 39.6 Å². The van der Waals surface area contributed by atoms with Gasteiger partial charge in [-0.2, -0.15) is 0 Å². The first-order valence-corrected chi connectivity index (χ1v) is 8.28. The fraction of sp³-hybridized carbons (Fsp3) is 0.556. The van der Waals surface area contributed by atoms with E-state index >= 15 is 0 Å². The minimum Gasteiger partial charge on any atom is -0.462 e. The van der Waals surface area contributed by atoms with Crippen LogP contribution in [0.5, 0.6) is 0 Å². The van der Waals surface area contributed by atoms with Crippen molar-refractivity contribution in [1.82, 2.24) is 0 Å². The van der Waals surface area contributed by atoms with E-state index in [9.17, 15) is 9.59 Å². The molecule has 0 saturated heterocycles. The summed E-state index contributed by atoms with van der Waals surface area (Å²) in [4.78, 5) is 23.9. The summed E-state index contributed by atoms with van der Waals surface area (Å²) >= 11 is 0. The predicted molar refractivity (Wildman–Crippen MR) is 89.2 cm³/mol. The van der Waals surface area contributed by atoms with Crippen molar-refractivity contribution in [3.05, 3.63) is 35.4 Å². The Hall–Kier alpha value is -1.92. The molecule has 0 radical (unpaired) electrons. The summed E-state index contributed by atoms with van der Waals surface area (Å²) in [5.74, 6) is -0.921. The fourth-order valence-corrected chi connectivity index (χ4v) is 1.88. The third-order valence-electron chi connectivity index (χ3n) is 3.07. The highest BCUT2D eigenvalue weighted by atomic mass is 16.5. The van der Waals surface area contributed by atoms with Crippen molar-refractivity contribution in [2.24, 2.45) is 0 Å². The number of hydrogen-bond donors (Lipinski definition) is 0. The second-order valence-electron chi connectivity index (χ2n) is 4.95. The molecule has 0 aromatic heterocycles. The van der Waals surface area contributed by atoms with Gasteiger partial charge in [-0.05, 0) is 32.0 Å². The number of benzene rings is 1. The minimum absolute atomic E-state index is 0.283. The summed E-state index contributed by atoms with van der Waals surface area (Å²) in [6, 6.07) is 6.33. The number of ether oxygens (including phenoxy) is 4. The van der Waals surface area contributed by atoms with Crippen molar-refractivity contribution in [1.29, 1.82) is 0 Å². The van der Waals surface area contributed by atoms with E-state index in [-0.39, 0.29) is 13.2 Å². The van der Waals surface area contributed by atoms with Gasteiger partial charge in [0.1, 0.15) is 0 Å². The van der Waals surface area contributed by atoms with E-state index in [4.69, 9.17) is 18.9 Å². The van der Waals surface area contributed by atoms with E-state index in [1.807, 2.05) is 13.8 Å². The van der Waals surface area contributed by atoms with Gasteiger partial charge >= 0.3 is 11.9 Å². The quantitative estimate of drug-likeness (QED) is 0.431. The highest BCUT2D eigenvalue weighted by Crippen LogP contribution is 2.09. The van der Waals surface area contributed by atoms with Crippen LogP contribution in [0.3, 0.4) is 0 Å². The number of hydrogen-bond acceptors (Lipinski definition) is 6. The van der Waals surface area contributed by atoms with E-state index in [0.717, 1.165) is 0 Å². The number of rotatable bonds is 12. The Balaban J connectivity index is 2.41. The van der Waals surface area contributed by atoms with E-state index in [2.05, 4.69) is 0 Å². The largest absolute Gasteiger partial charge is 0.462 e. The standard InChI is InChI=1S/C18H26O6/c1-3-21-10-6-12-23-17(19)15-8-5-9-16(14-15)18(20)24-13-7-11-22-4-2/h5,8-9,14H,3-4,6-7,10-13H2,1-2H3. The first-order valence-electron chi connectivity index (χ1n) is 8.28. The molecule has 0 bridgehead atoms. The molecule has 1 aromatic rings. The topological polar surface area (TPSA) is 71.1 Å². The van der Waals surface area contributed by atoms with E-state index in [1.165, 1.54) is 6.07 Å². The van der Waals surface area contributed by atoms with Gasteiger partial charge < -0.3 is 18.9 Å². The molecule has 0 spiro atoms. The van der Waals surface area contributed by atoms with Gasteiger partial charge in [0, 0.05) is 39.3 Å². The first kappa shape index (κ1) is 20.1. The van der Waals surface area contributed by atoms with E-state index in [1.54, 1.807) is 18.2 Å². The summed E-state index contributed by atoms with van der Waals surface area (Å²) in [5.41, 5.74) is 0.658. The van der Waals surface area contributed by atoms with Gasteiger partial charge in [0.15, 0.2) is 0 Å². The van der Waals surface area contributed by atoms with Crippen molar-refractivity contribution >= 4 is 11.9 Å². The molecule has 0 saturated carbocycles. The Morgan fingerprint density at radius 2 is 1.25 bits per heavy atom. The molecule has 0 amide bonds. The highest BCUT2D eigenvalue weighted by Gasteiger charge is 2.12. The Morgan fingerprint density at radius 1 is 0.792 bits per heavy atom. The summed E-state index contributed by atoms with van der Waals surface area (Å²) in [6.45, 7) is 6.78. The zero-order chi connectivity index (χ0) is 17.6. The fourth-order valence-electron chi connectivity index (χ4n) is 1.88. The van der Waals surface area contributed by atoms with Crippen LogP contribution in [0.2, 0.25) is 0 Å². The van der Waals surface area contributed by atoms with E-state index in [0.29, 0.717) is 50.4 Å². The molecule has 6 heteroatoms. The average Bonchev–Trinajstić information content (AvgIpc) is 2.61. The molecule has 0 aliphatic rings. The molecule has 24 heavy (non-hydrogen) atoms. The Morgan fingerprint density at radius 3 is 1.67 bits per heavy atom. The molecule has 0 fully saturated rings. The maximum atomic E-state index is 12.0. The predicted octanol–water partition coefficient (Wildman–Crippen LogP) is 2.85. The molecule has 0 aliphatic heterocycles. The zero-order valence-electron chi connectivity index (χ0n) is 14.4. The van der Waals surface area contributed by atoms with Gasteiger partial charge in [0.25, 0.3) is 0 Å². The molecule has 0 atom stereocenters. The second kappa shape index (κ2) is 12.5. The second-order valence-corrected chi connectivity index (χ2v) is 4.95. The van der Waals surface area contributed by atoms with Crippen LogP contribution in [0, 0.1) is 0 Å². The van der Waals surface area contributed by atoms with Crippen LogP contribution in [0.25, 0.3) is 0 Å². The summed E-state index contributed by atoms with van der Waals surface area (Å²) in [6.07, 6.45) is 1.28. The lowest BCUT2D eigenvalue weighted by Gasteiger charge is -2.07. The monoisotopic (exact) mass is 338 g/mol. The van der Waals surface area contributed by atoms with Gasteiger partial charge in [-0.25, -0.2) is 9.59 Å². The average molecular weight is 338 g/mol. The molecule has 6 nitrogen and oxygen atoms in total. The Labute approximate surface area is 143 Å². The third kappa shape index (κ3) is 8.08. The van der Waals surface area contributed by atoms with E-state index < -0.39 is 11.9 Å². The normalized spacial score (nSPS) is 10.4. The maximum absolute atomic E-state index is 12.0. The van der Waals surface area contributed by atoms with Gasteiger partial charge in [-0.3, -0.25) is 0 Å². The van der Waals surface area contributed by atoms with Crippen LogP contribution in [-0.4, -0.2) is 51.6 Å². The van der Waals surface area contributed by atoms with Crippen LogP contribution in [-0.2, 0) is 18.9 Å². The molecule has 1 aromatic carbocycles. The number of esters is 2. The smallest absolute Gasteiger partial charge is 0.338 e. The highest BCUT2D eigenvalue weighted by molar-refractivity contribution is 5.95. The first-order chi connectivity index (χ1) is 11.7.